The summed E-state index contributed by atoms with van der Waals surface area (Å²) in [4.78, 5) is 14.8. The van der Waals surface area contributed by atoms with E-state index in [1.165, 1.54) is 0 Å². The fourth-order valence-corrected chi connectivity index (χ4v) is 3.93. The second-order valence-electron chi connectivity index (χ2n) is 8.05. The SMILES string of the molecule is O=C(Nc1cccc(OC[C@H]2CCCO2)c1)N(Cc1ccccc1O)C[C@H]1CCCO1. The Morgan fingerprint density at radius 1 is 1.06 bits per heavy atom. The summed E-state index contributed by atoms with van der Waals surface area (Å²) in [7, 11) is 0. The Morgan fingerprint density at radius 3 is 2.58 bits per heavy atom. The Kier molecular flexibility index (Phi) is 7.27. The number of rotatable bonds is 8. The molecule has 2 aliphatic heterocycles. The summed E-state index contributed by atoms with van der Waals surface area (Å²) >= 11 is 0. The van der Waals surface area contributed by atoms with Gasteiger partial charge in [0.15, 0.2) is 0 Å². The van der Waals surface area contributed by atoms with E-state index < -0.39 is 0 Å². The lowest BCUT2D eigenvalue weighted by Gasteiger charge is -2.26. The summed E-state index contributed by atoms with van der Waals surface area (Å²) in [5.41, 5.74) is 1.36. The van der Waals surface area contributed by atoms with Gasteiger partial charge in [-0.1, -0.05) is 24.3 Å². The molecule has 2 atom stereocenters. The third kappa shape index (κ3) is 6.12. The lowest BCUT2D eigenvalue weighted by atomic mass is 10.1. The van der Waals surface area contributed by atoms with Crippen LogP contribution in [0.1, 0.15) is 31.2 Å². The summed E-state index contributed by atoms with van der Waals surface area (Å²) in [6.07, 6.45) is 4.16. The smallest absolute Gasteiger partial charge is 0.322 e. The number of phenols is 1. The Hall–Kier alpha value is -2.77. The first-order valence-corrected chi connectivity index (χ1v) is 11.0. The number of phenolic OH excluding ortho intramolecular Hbond substituents is 1. The number of ether oxygens (including phenoxy) is 3. The number of hydrogen-bond acceptors (Lipinski definition) is 5. The van der Waals surface area contributed by atoms with Gasteiger partial charge in [0.05, 0.1) is 18.8 Å². The van der Waals surface area contributed by atoms with Crippen LogP contribution in [0.4, 0.5) is 10.5 Å². The van der Waals surface area contributed by atoms with Crippen LogP contribution in [0.25, 0.3) is 0 Å². The predicted molar refractivity (Wildman–Crippen MR) is 117 cm³/mol. The Labute approximate surface area is 182 Å². The molecule has 0 unspecified atom stereocenters. The molecule has 0 bridgehead atoms. The molecule has 2 saturated heterocycles. The molecule has 7 heteroatoms. The van der Waals surface area contributed by atoms with E-state index in [0.29, 0.717) is 36.7 Å². The van der Waals surface area contributed by atoms with Gasteiger partial charge in [0, 0.05) is 37.1 Å². The average molecular weight is 427 g/mol. The fraction of sp³-hybridized carbons (Fsp3) is 0.458. The van der Waals surface area contributed by atoms with E-state index >= 15 is 0 Å². The minimum absolute atomic E-state index is 0.0117. The van der Waals surface area contributed by atoms with Crippen molar-refractivity contribution in [3.05, 3.63) is 54.1 Å². The van der Waals surface area contributed by atoms with Gasteiger partial charge >= 0.3 is 6.03 Å². The van der Waals surface area contributed by atoms with E-state index in [-0.39, 0.29) is 24.0 Å². The summed E-state index contributed by atoms with van der Waals surface area (Å²) in [5, 5.41) is 13.1. The molecular formula is C24H30N2O5. The highest BCUT2D eigenvalue weighted by Crippen LogP contribution is 2.23. The average Bonchev–Trinajstić information content (AvgIpc) is 3.48. The van der Waals surface area contributed by atoms with Crippen LogP contribution in [0.3, 0.4) is 0 Å². The molecule has 0 spiro atoms. The van der Waals surface area contributed by atoms with Crippen molar-refractivity contribution in [2.45, 2.75) is 44.4 Å². The van der Waals surface area contributed by atoms with Crippen LogP contribution in [0.5, 0.6) is 11.5 Å². The van der Waals surface area contributed by atoms with Gasteiger partial charge in [-0.3, -0.25) is 0 Å². The standard InChI is InChI=1S/C24H30N2O5/c27-23-11-2-1-6-18(23)15-26(16-21-9-4-12-29-21)24(28)25-19-7-3-8-20(14-19)31-17-22-10-5-13-30-22/h1-3,6-8,11,14,21-22,27H,4-5,9-10,12-13,15-17H2,(H,25,28)/t21-,22-/m1/s1. The zero-order valence-electron chi connectivity index (χ0n) is 17.7. The number of carbonyl (C=O) groups excluding carboxylic acids is 1. The van der Waals surface area contributed by atoms with Gasteiger partial charge in [-0.15, -0.1) is 0 Å². The number of nitrogens with zero attached hydrogens (tertiary/aromatic N) is 1. The van der Waals surface area contributed by atoms with Crippen LogP contribution >= 0.6 is 0 Å². The first-order chi connectivity index (χ1) is 15.2. The highest BCUT2D eigenvalue weighted by Gasteiger charge is 2.24. The van der Waals surface area contributed by atoms with E-state index in [1.54, 1.807) is 17.0 Å². The van der Waals surface area contributed by atoms with Gasteiger partial charge in [0.2, 0.25) is 0 Å². The molecule has 0 aromatic heterocycles. The molecule has 166 valence electrons. The Morgan fingerprint density at radius 2 is 1.84 bits per heavy atom. The maximum Gasteiger partial charge on any atom is 0.322 e. The third-order valence-corrected chi connectivity index (χ3v) is 5.63. The Balaban J connectivity index is 1.41. The molecule has 2 fully saturated rings. The van der Waals surface area contributed by atoms with Crippen LogP contribution in [-0.2, 0) is 16.0 Å². The number of para-hydroxylation sites is 1. The van der Waals surface area contributed by atoms with Crippen molar-refractivity contribution in [1.29, 1.82) is 0 Å². The zero-order chi connectivity index (χ0) is 21.5. The van der Waals surface area contributed by atoms with E-state index in [4.69, 9.17) is 14.2 Å². The summed E-state index contributed by atoms with van der Waals surface area (Å²) in [5.74, 6) is 0.872. The van der Waals surface area contributed by atoms with Crippen molar-refractivity contribution >= 4 is 11.7 Å². The van der Waals surface area contributed by atoms with E-state index in [2.05, 4.69) is 5.32 Å². The Bertz CT molecular complexity index is 863. The van der Waals surface area contributed by atoms with Gasteiger partial charge in [-0.05, 0) is 43.9 Å². The fourth-order valence-electron chi connectivity index (χ4n) is 3.93. The highest BCUT2D eigenvalue weighted by atomic mass is 16.5. The van der Waals surface area contributed by atoms with Crippen molar-refractivity contribution in [3.8, 4) is 11.5 Å². The van der Waals surface area contributed by atoms with E-state index in [0.717, 1.165) is 38.9 Å². The number of carbonyl (C=O) groups is 1. The molecule has 2 aromatic carbocycles. The van der Waals surface area contributed by atoms with Crippen LogP contribution in [-0.4, -0.2) is 54.6 Å². The highest BCUT2D eigenvalue weighted by molar-refractivity contribution is 5.89. The predicted octanol–water partition coefficient (Wildman–Crippen LogP) is 4.16. The van der Waals surface area contributed by atoms with Gasteiger partial charge in [0.1, 0.15) is 18.1 Å². The monoisotopic (exact) mass is 426 g/mol. The van der Waals surface area contributed by atoms with Crippen LogP contribution in [0.2, 0.25) is 0 Å². The maximum atomic E-state index is 13.1. The summed E-state index contributed by atoms with van der Waals surface area (Å²) in [6.45, 7) is 2.79. The molecule has 31 heavy (non-hydrogen) atoms. The third-order valence-electron chi connectivity index (χ3n) is 5.63. The number of anilines is 1. The molecule has 2 aliphatic rings. The van der Waals surface area contributed by atoms with Gasteiger partial charge in [-0.2, -0.15) is 0 Å². The van der Waals surface area contributed by atoms with Gasteiger partial charge < -0.3 is 29.5 Å². The topological polar surface area (TPSA) is 80.3 Å². The van der Waals surface area contributed by atoms with Crippen molar-refractivity contribution in [1.82, 2.24) is 4.90 Å². The number of urea groups is 1. The minimum atomic E-state index is -0.241. The molecular weight excluding hydrogens is 396 g/mol. The van der Waals surface area contributed by atoms with Crippen LogP contribution in [0, 0.1) is 0 Å². The van der Waals surface area contributed by atoms with Crippen molar-refractivity contribution in [2.75, 3.05) is 31.7 Å². The lowest BCUT2D eigenvalue weighted by molar-refractivity contribution is 0.0680. The van der Waals surface area contributed by atoms with Crippen LogP contribution in [0.15, 0.2) is 48.5 Å². The van der Waals surface area contributed by atoms with Gasteiger partial charge in [0.25, 0.3) is 0 Å². The number of hydrogen-bond donors (Lipinski definition) is 2. The summed E-state index contributed by atoms with van der Waals surface area (Å²) in [6, 6.07) is 14.2. The maximum absolute atomic E-state index is 13.1. The van der Waals surface area contributed by atoms with Crippen molar-refractivity contribution in [3.63, 3.8) is 0 Å². The molecule has 0 saturated carbocycles. The largest absolute Gasteiger partial charge is 0.508 e. The number of amides is 2. The molecule has 4 rings (SSSR count). The molecule has 2 aromatic rings. The molecule has 7 nitrogen and oxygen atoms in total. The van der Waals surface area contributed by atoms with Crippen molar-refractivity contribution < 1.29 is 24.1 Å². The number of benzene rings is 2. The first-order valence-electron chi connectivity index (χ1n) is 11.0. The number of aromatic hydroxyl groups is 1. The summed E-state index contributed by atoms with van der Waals surface area (Å²) < 4.78 is 17.2. The second-order valence-corrected chi connectivity index (χ2v) is 8.05. The minimum Gasteiger partial charge on any atom is -0.508 e. The molecule has 2 N–H and O–H groups in total. The molecule has 0 aliphatic carbocycles. The zero-order valence-corrected chi connectivity index (χ0v) is 17.7. The molecule has 2 amide bonds. The van der Waals surface area contributed by atoms with Crippen molar-refractivity contribution in [2.24, 2.45) is 0 Å². The molecule has 2 heterocycles. The second kappa shape index (κ2) is 10.5. The number of nitrogens with one attached hydrogen (secondary N) is 1. The van der Waals surface area contributed by atoms with Gasteiger partial charge in [-0.25, -0.2) is 4.79 Å². The first kappa shape index (κ1) is 21.5. The van der Waals surface area contributed by atoms with E-state index in [9.17, 15) is 9.90 Å². The van der Waals surface area contributed by atoms with E-state index in [1.807, 2.05) is 36.4 Å². The lowest BCUT2D eigenvalue weighted by Crippen LogP contribution is -2.39. The van der Waals surface area contributed by atoms with Crippen LogP contribution < -0.4 is 10.1 Å². The normalized spacial score (nSPS) is 20.5. The quantitative estimate of drug-likeness (QED) is 0.662. The molecule has 0 radical (unpaired) electrons.